The first-order valence-corrected chi connectivity index (χ1v) is 7.75. The smallest absolute Gasteiger partial charge is 0.410 e. The molecule has 2 rings (SSSR count). The average molecular weight is 272 g/mol. The second-order valence-corrected chi connectivity index (χ2v) is 7.71. The maximum absolute atomic E-state index is 11.8. The molecule has 0 aromatic heterocycles. The summed E-state index contributed by atoms with van der Waals surface area (Å²) in [6, 6.07) is 1.06. The summed E-state index contributed by atoms with van der Waals surface area (Å²) in [4.78, 5) is 13.5. The highest BCUT2D eigenvalue weighted by Gasteiger charge is 2.36. The third-order valence-electron chi connectivity index (χ3n) is 3.36. The predicted molar refractivity (Wildman–Crippen MR) is 75.1 cm³/mol. The Balaban J connectivity index is 1.69. The van der Waals surface area contributed by atoms with Crippen LogP contribution in [0.2, 0.25) is 0 Å². The van der Waals surface area contributed by atoms with Gasteiger partial charge in [-0.3, -0.25) is 0 Å². The van der Waals surface area contributed by atoms with Crippen LogP contribution in [-0.2, 0) is 4.74 Å². The minimum Gasteiger partial charge on any atom is -0.444 e. The molecule has 1 N–H and O–H groups in total. The van der Waals surface area contributed by atoms with Crippen LogP contribution in [0.3, 0.4) is 0 Å². The fourth-order valence-corrected chi connectivity index (χ4v) is 3.52. The van der Waals surface area contributed by atoms with E-state index in [1.54, 1.807) is 4.90 Å². The van der Waals surface area contributed by atoms with Crippen LogP contribution in [0.4, 0.5) is 4.79 Å². The quantitative estimate of drug-likeness (QED) is 0.836. The van der Waals surface area contributed by atoms with E-state index in [4.69, 9.17) is 4.74 Å². The van der Waals surface area contributed by atoms with Gasteiger partial charge in [0.05, 0.1) is 0 Å². The lowest BCUT2D eigenvalue weighted by atomic mass is 10.1. The van der Waals surface area contributed by atoms with Crippen molar-refractivity contribution in [3.8, 4) is 0 Å². The first kappa shape index (κ1) is 14.0. The molecule has 2 heterocycles. The van der Waals surface area contributed by atoms with Crippen molar-refractivity contribution in [1.82, 2.24) is 10.2 Å². The number of carbonyl (C=O) groups excluding carboxylic acids is 1. The number of nitrogens with zero attached hydrogens (tertiary/aromatic N) is 1. The molecule has 1 amide bonds. The highest BCUT2D eigenvalue weighted by Crippen LogP contribution is 2.27. The van der Waals surface area contributed by atoms with Crippen molar-refractivity contribution in [3.63, 3.8) is 0 Å². The topological polar surface area (TPSA) is 41.6 Å². The Hall–Kier alpha value is -0.420. The summed E-state index contributed by atoms with van der Waals surface area (Å²) >= 11 is 2.03. The first-order valence-electron chi connectivity index (χ1n) is 6.71. The number of nitrogens with one attached hydrogen (secondary N) is 1. The molecule has 0 aromatic carbocycles. The molecule has 0 spiro atoms. The van der Waals surface area contributed by atoms with Crippen LogP contribution < -0.4 is 5.32 Å². The molecule has 2 aliphatic heterocycles. The largest absolute Gasteiger partial charge is 0.444 e. The molecular formula is C13H24N2O2S. The summed E-state index contributed by atoms with van der Waals surface area (Å²) in [5, 5.41) is 4.34. The highest BCUT2D eigenvalue weighted by molar-refractivity contribution is 8.00. The Labute approximate surface area is 114 Å². The third-order valence-corrected chi connectivity index (χ3v) is 4.68. The van der Waals surface area contributed by atoms with Crippen molar-refractivity contribution >= 4 is 17.9 Å². The Morgan fingerprint density at radius 3 is 2.56 bits per heavy atom. The summed E-state index contributed by atoms with van der Waals surface area (Å²) in [5.74, 6) is 1.25. The van der Waals surface area contributed by atoms with Gasteiger partial charge >= 0.3 is 6.09 Å². The maximum Gasteiger partial charge on any atom is 0.410 e. The molecule has 2 fully saturated rings. The molecule has 104 valence electrons. The fraction of sp³-hybridized carbons (Fsp3) is 0.923. The summed E-state index contributed by atoms with van der Waals surface area (Å²) in [5.41, 5.74) is -0.397. The molecule has 5 heteroatoms. The van der Waals surface area contributed by atoms with Gasteiger partial charge in [-0.25, -0.2) is 4.79 Å². The Kier molecular flexibility index (Phi) is 4.11. The van der Waals surface area contributed by atoms with E-state index in [1.165, 1.54) is 12.2 Å². The van der Waals surface area contributed by atoms with Gasteiger partial charge in [0, 0.05) is 30.4 Å². The van der Waals surface area contributed by atoms with E-state index in [9.17, 15) is 4.79 Å². The van der Waals surface area contributed by atoms with Crippen LogP contribution in [-0.4, -0.2) is 52.8 Å². The van der Waals surface area contributed by atoms with Crippen LogP contribution in [0.25, 0.3) is 0 Å². The normalized spacial score (nSPS) is 29.2. The van der Waals surface area contributed by atoms with Gasteiger partial charge in [0.15, 0.2) is 0 Å². The van der Waals surface area contributed by atoms with Crippen molar-refractivity contribution < 1.29 is 9.53 Å². The average Bonchev–Trinajstić information content (AvgIpc) is 2.54. The van der Waals surface area contributed by atoms with Crippen LogP contribution in [0.5, 0.6) is 0 Å². The highest BCUT2D eigenvalue weighted by atomic mass is 32.2. The number of carbonyl (C=O) groups is 1. The van der Waals surface area contributed by atoms with Gasteiger partial charge < -0.3 is 15.0 Å². The van der Waals surface area contributed by atoms with Gasteiger partial charge in [0.25, 0.3) is 0 Å². The van der Waals surface area contributed by atoms with Gasteiger partial charge in [-0.05, 0) is 32.9 Å². The third kappa shape index (κ3) is 3.54. The molecule has 2 aliphatic rings. The lowest BCUT2D eigenvalue weighted by molar-refractivity contribution is 0.00423. The SMILES string of the molecule is CC1SCCC1NC1CN(C(=O)OC(C)(C)C)C1. The Morgan fingerprint density at radius 2 is 2.06 bits per heavy atom. The van der Waals surface area contributed by atoms with Gasteiger partial charge in [-0.15, -0.1) is 0 Å². The monoisotopic (exact) mass is 272 g/mol. The lowest BCUT2D eigenvalue weighted by Crippen LogP contribution is -2.62. The molecule has 4 nitrogen and oxygen atoms in total. The number of thioether (sulfide) groups is 1. The summed E-state index contributed by atoms with van der Waals surface area (Å²) in [7, 11) is 0. The van der Waals surface area contributed by atoms with Crippen molar-refractivity contribution in [2.24, 2.45) is 0 Å². The van der Waals surface area contributed by atoms with Crippen LogP contribution >= 0.6 is 11.8 Å². The van der Waals surface area contributed by atoms with E-state index in [0.717, 1.165) is 13.1 Å². The first-order chi connectivity index (χ1) is 8.35. The zero-order chi connectivity index (χ0) is 13.3. The number of hydrogen-bond acceptors (Lipinski definition) is 4. The molecule has 0 saturated carbocycles. The molecule has 2 atom stereocenters. The molecule has 0 aliphatic carbocycles. The van der Waals surface area contributed by atoms with Crippen molar-refractivity contribution in [3.05, 3.63) is 0 Å². The van der Waals surface area contributed by atoms with Gasteiger partial charge in [-0.2, -0.15) is 11.8 Å². The second-order valence-electron chi connectivity index (χ2n) is 6.22. The standard InChI is InChI=1S/C13H24N2O2S/c1-9-11(5-6-18-9)14-10-7-15(8-10)12(16)17-13(2,3)4/h9-11,14H,5-8H2,1-4H3. The van der Waals surface area contributed by atoms with E-state index in [2.05, 4.69) is 12.2 Å². The van der Waals surface area contributed by atoms with Gasteiger partial charge in [-0.1, -0.05) is 6.92 Å². The Bertz CT molecular complexity index is 311. The summed E-state index contributed by atoms with van der Waals surface area (Å²) in [6.45, 7) is 9.54. The predicted octanol–water partition coefficient (Wildman–Crippen LogP) is 2.09. The molecule has 18 heavy (non-hydrogen) atoms. The van der Waals surface area contributed by atoms with Crippen LogP contribution in [0.15, 0.2) is 0 Å². The second kappa shape index (κ2) is 5.29. The number of amides is 1. The van der Waals surface area contributed by atoms with Gasteiger partial charge in [0.2, 0.25) is 0 Å². The van der Waals surface area contributed by atoms with E-state index < -0.39 is 5.60 Å². The molecule has 2 unspecified atom stereocenters. The number of likely N-dealkylation sites (tertiary alicyclic amines) is 1. The lowest BCUT2D eigenvalue weighted by Gasteiger charge is -2.41. The minimum atomic E-state index is -0.397. The van der Waals surface area contributed by atoms with Crippen molar-refractivity contribution in [2.75, 3.05) is 18.8 Å². The molecule has 0 radical (unpaired) electrons. The van der Waals surface area contributed by atoms with Gasteiger partial charge in [0.1, 0.15) is 5.60 Å². The molecule has 0 bridgehead atoms. The van der Waals surface area contributed by atoms with E-state index >= 15 is 0 Å². The number of ether oxygens (including phenoxy) is 1. The summed E-state index contributed by atoms with van der Waals surface area (Å²) < 4.78 is 5.34. The maximum atomic E-state index is 11.8. The van der Waals surface area contributed by atoms with E-state index in [1.807, 2.05) is 32.5 Å². The zero-order valence-electron chi connectivity index (χ0n) is 11.7. The molecule has 0 aromatic rings. The van der Waals surface area contributed by atoms with E-state index in [0.29, 0.717) is 17.3 Å². The molecular weight excluding hydrogens is 248 g/mol. The minimum absolute atomic E-state index is 0.186. The molecule has 2 saturated heterocycles. The zero-order valence-corrected chi connectivity index (χ0v) is 12.5. The van der Waals surface area contributed by atoms with E-state index in [-0.39, 0.29) is 6.09 Å². The van der Waals surface area contributed by atoms with Crippen LogP contribution in [0.1, 0.15) is 34.1 Å². The number of hydrogen-bond donors (Lipinski definition) is 1. The van der Waals surface area contributed by atoms with Crippen molar-refractivity contribution in [1.29, 1.82) is 0 Å². The Morgan fingerprint density at radius 1 is 1.39 bits per heavy atom. The number of rotatable bonds is 2. The fourth-order valence-electron chi connectivity index (χ4n) is 2.31. The van der Waals surface area contributed by atoms with Crippen LogP contribution in [0, 0.1) is 0 Å². The van der Waals surface area contributed by atoms with Crippen molar-refractivity contribution in [2.45, 2.75) is 57.1 Å². The summed E-state index contributed by atoms with van der Waals surface area (Å²) in [6.07, 6.45) is 1.06.